The number of rotatable bonds is 4. The van der Waals surface area contributed by atoms with Gasteiger partial charge in [0.1, 0.15) is 5.75 Å². The van der Waals surface area contributed by atoms with Gasteiger partial charge in [0.25, 0.3) is 0 Å². The van der Waals surface area contributed by atoms with Crippen molar-refractivity contribution in [2.45, 2.75) is 38.3 Å². The molecule has 0 atom stereocenters. The number of hydrogen-bond donors (Lipinski definition) is 1. The molecule has 21 heavy (non-hydrogen) atoms. The molecule has 2 N–H and O–H groups in total. The summed E-state index contributed by atoms with van der Waals surface area (Å²) in [7, 11) is 1.73. The van der Waals surface area contributed by atoms with Gasteiger partial charge in [0, 0.05) is 50.0 Å². The Hall–Kier alpha value is -1.26. The fourth-order valence-electron chi connectivity index (χ4n) is 3.72. The molecule has 4 heteroatoms. The summed E-state index contributed by atoms with van der Waals surface area (Å²) in [6.45, 7) is 5.64. The van der Waals surface area contributed by atoms with Crippen LogP contribution in [0.15, 0.2) is 18.2 Å². The lowest BCUT2D eigenvalue weighted by Gasteiger charge is -2.38. The van der Waals surface area contributed by atoms with Gasteiger partial charge in [-0.2, -0.15) is 0 Å². The number of methoxy groups -OCH3 is 1. The van der Waals surface area contributed by atoms with E-state index in [1.807, 2.05) is 18.2 Å². The van der Waals surface area contributed by atoms with Gasteiger partial charge in [-0.1, -0.05) is 12.8 Å². The average molecular weight is 289 g/mol. The molecular formula is C17H27N3O. The van der Waals surface area contributed by atoms with Crippen molar-refractivity contribution in [3.63, 3.8) is 0 Å². The maximum atomic E-state index is 5.91. The third kappa shape index (κ3) is 3.50. The van der Waals surface area contributed by atoms with E-state index in [1.54, 1.807) is 7.11 Å². The van der Waals surface area contributed by atoms with Crippen LogP contribution in [-0.4, -0.2) is 49.1 Å². The predicted molar refractivity (Wildman–Crippen MR) is 86.5 cm³/mol. The van der Waals surface area contributed by atoms with Gasteiger partial charge in [-0.05, 0) is 31.0 Å². The summed E-state index contributed by atoms with van der Waals surface area (Å²) >= 11 is 0. The highest BCUT2D eigenvalue weighted by Crippen LogP contribution is 2.26. The summed E-state index contributed by atoms with van der Waals surface area (Å²) < 4.78 is 5.45. The Labute approximate surface area is 127 Å². The number of piperazine rings is 1. The van der Waals surface area contributed by atoms with E-state index in [9.17, 15) is 0 Å². The van der Waals surface area contributed by atoms with Gasteiger partial charge < -0.3 is 10.5 Å². The second-order valence-corrected chi connectivity index (χ2v) is 6.32. The Morgan fingerprint density at radius 1 is 1.14 bits per heavy atom. The first-order valence-electron chi connectivity index (χ1n) is 8.15. The molecule has 4 nitrogen and oxygen atoms in total. The fraction of sp³-hybridized carbons (Fsp3) is 0.647. The Morgan fingerprint density at radius 2 is 1.86 bits per heavy atom. The van der Waals surface area contributed by atoms with E-state index in [0.717, 1.165) is 37.1 Å². The third-order valence-electron chi connectivity index (χ3n) is 4.95. The second kappa shape index (κ2) is 6.67. The molecule has 0 aromatic heterocycles. The molecule has 3 rings (SSSR count). The van der Waals surface area contributed by atoms with Crippen LogP contribution in [0, 0.1) is 0 Å². The minimum atomic E-state index is 0.815. The zero-order valence-corrected chi connectivity index (χ0v) is 13.1. The number of nitrogen functional groups attached to an aromatic ring is 1. The van der Waals surface area contributed by atoms with Crippen LogP contribution in [0.4, 0.5) is 5.69 Å². The van der Waals surface area contributed by atoms with Crippen LogP contribution in [0.2, 0.25) is 0 Å². The topological polar surface area (TPSA) is 41.7 Å². The highest BCUT2D eigenvalue weighted by Gasteiger charge is 2.26. The molecule has 0 amide bonds. The van der Waals surface area contributed by atoms with Crippen LogP contribution in [0.25, 0.3) is 0 Å². The van der Waals surface area contributed by atoms with Crippen LogP contribution in [0.1, 0.15) is 31.2 Å². The lowest BCUT2D eigenvalue weighted by molar-refractivity contribution is 0.0932. The van der Waals surface area contributed by atoms with Crippen molar-refractivity contribution in [3.05, 3.63) is 23.8 Å². The Bertz CT molecular complexity index is 463. The summed E-state index contributed by atoms with van der Waals surface area (Å²) in [6.07, 6.45) is 5.66. The van der Waals surface area contributed by atoms with Gasteiger partial charge in [0.2, 0.25) is 0 Å². The quantitative estimate of drug-likeness (QED) is 0.864. The highest BCUT2D eigenvalue weighted by molar-refractivity contribution is 5.47. The molecule has 1 saturated heterocycles. The standard InChI is InChI=1S/C17H27N3O/c1-21-17-7-6-15(18)12-14(17)13-19-8-10-20(11-9-19)16-4-2-3-5-16/h6-7,12,16H,2-5,8-11,13,18H2,1H3. The maximum Gasteiger partial charge on any atom is 0.123 e. The minimum Gasteiger partial charge on any atom is -0.496 e. The Balaban J connectivity index is 1.56. The SMILES string of the molecule is COc1ccc(N)cc1CN1CCN(C2CCCC2)CC1. The first-order chi connectivity index (χ1) is 10.3. The van der Waals surface area contributed by atoms with E-state index >= 15 is 0 Å². The summed E-state index contributed by atoms with van der Waals surface area (Å²) in [5.41, 5.74) is 7.93. The molecule has 116 valence electrons. The molecule has 1 aliphatic carbocycles. The van der Waals surface area contributed by atoms with Gasteiger partial charge in [-0.3, -0.25) is 9.80 Å². The molecule has 1 aromatic carbocycles. The van der Waals surface area contributed by atoms with Crippen LogP contribution >= 0.6 is 0 Å². The number of nitrogens with zero attached hydrogens (tertiary/aromatic N) is 2. The van der Waals surface area contributed by atoms with E-state index in [1.165, 1.54) is 44.3 Å². The average Bonchev–Trinajstić information content (AvgIpc) is 3.03. The minimum absolute atomic E-state index is 0.815. The first-order valence-corrected chi connectivity index (χ1v) is 8.15. The molecule has 0 radical (unpaired) electrons. The Morgan fingerprint density at radius 3 is 2.52 bits per heavy atom. The molecule has 1 heterocycles. The number of benzene rings is 1. The van der Waals surface area contributed by atoms with Crippen LogP contribution in [0.3, 0.4) is 0 Å². The van der Waals surface area contributed by atoms with Gasteiger partial charge in [0.05, 0.1) is 7.11 Å². The number of ether oxygens (including phenoxy) is 1. The van der Waals surface area contributed by atoms with Crippen LogP contribution in [-0.2, 0) is 6.54 Å². The summed E-state index contributed by atoms with van der Waals surface area (Å²) in [5.74, 6) is 0.947. The van der Waals surface area contributed by atoms with Crippen molar-refractivity contribution >= 4 is 5.69 Å². The first kappa shape index (κ1) is 14.7. The maximum absolute atomic E-state index is 5.91. The highest BCUT2D eigenvalue weighted by atomic mass is 16.5. The van der Waals surface area contributed by atoms with Crippen molar-refractivity contribution in [1.29, 1.82) is 0 Å². The number of hydrogen-bond acceptors (Lipinski definition) is 4. The van der Waals surface area contributed by atoms with Crippen molar-refractivity contribution in [1.82, 2.24) is 9.80 Å². The normalized spacial score (nSPS) is 21.8. The molecule has 2 fully saturated rings. The summed E-state index contributed by atoms with van der Waals surface area (Å²) in [6, 6.07) is 6.77. The zero-order chi connectivity index (χ0) is 14.7. The molecule has 0 bridgehead atoms. The van der Waals surface area contributed by atoms with Crippen molar-refractivity contribution in [3.8, 4) is 5.75 Å². The molecule has 0 spiro atoms. The fourth-order valence-corrected chi connectivity index (χ4v) is 3.72. The van der Waals surface area contributed by atoms with Crippen LogP contribution in [0.5, 0.6) is 5.75 Å². The molecule has 1 aliphatic heterocycles. The lowest BCUT2D eigenvalue weighted by Crippen LogP contribution is -2.49. The zero-order valence-electron chi connectivity index (χ0n) is 13.1. The monoisotopic (exact) mass is 289 g/mol. The molecule has 1 saturated carbocycles. The van der Waals surface area contributed by atoms with E-state index in [4.69, 9.17) is 10.5 Å². The van der Waals surface area contributed by atoms with E-state index in [2.05, 4.69) is 9.80 Å². The number of anilines is 1. The lowest BCUT2D eigenvalue weighted by atomic mass is 10.1. The predicted octanol–water partition coefficient (Wildman–Crippen LogP) is 2.34. The summed E-state index contributed by atoms with van der Waals surface area (Å²) in [4.78, 5) is 5.21. The smallest absolute Gasteiger partial charge is 0.123 e. The summed E-state index contributed by atoms with van der Waals surface area (Å²) in [5, 5.41) is 0. The van der Waals surface area contributed by atoms with Crippen molar-refractivity contribution < 1.29 is 4.74 Å². The van der Waals surface area contributed by atoms with Gasteiger partial charge in [-0.15, -0.1) is 0 Å². The van der Waals surface area contributed by atoms with E-state index < -0.39 is 0 Å². The number of nitrogens with two attached hydrogens (primary N) is 1. The van der Waals surface area contributed by atoms with Crippen LogP contribution < -0.4 is 10.5 Å². The molecule has 1 aromatic rings. The molecule has 2 aliphatic rings. The van der Waals surface area contributed by atoms with Crippen molar-refractivity contribution in [2.75, 3.05) is 39.0 Å². The van der Waals surface area contributed by atoms with E-state index in [-0.39, 0.29) is 0 Å². The molecule has 0 unspecified atom stereocenters. The van der Waals surface area contributed by atoms with Gasteiger partial charge >= 0.3 is 0 Å². The van der Waals surface area contributed by atoms with E-state index in [0.29, 0.717) is 0 Å². The third-order valence-corrected chi connectivity index (χ3v) is 4.95. The second-order valence-electron chi connectivity index (χ2n) is 6.32. The van der Waals surface area contributed by atoms with Crippen molar-refractivity contribution in [2.24, 2.45) is 0 Å². The molecular weight excluding hydrogens is 262 g/mol. The Kier molecular flexibility index (Phi) is 4.66. The van der Waals surface area contributed by atoms with Gasteiger partial charge in [-0.25, -0.2) is 0 Å². The largest absolute Gasteiger partial charge is 0.496 e. The van der Waals surface area contributed by atoms with Gasteiger partial charge in [0.15, 0.2) is 0 Å².